The van der Waals surface area contributed by atoms with E-state index in [1.165, 1.54) is 28.0 Å². The maximum atomic E-state index is 4.50. The normalized spacial score (nSPS) is 20.5. The summed E-state index contributed by atoms with van der Waals surface area (Å²) >= 11 is 0. The van der Waals surface area contributed by atoms with E-state index in [0.29, 0.717) is 0 Å². The summed E-state index contributed by atoms with van der Waals surface area (Å²) in [5.74, 6) is 0.818. The zero-order valence-electron chi connectivity index (χ0n) is 14.5. The number of allylic oxidation sites excluding steroid dienone is 2. The second-order valence-corrected chi connectivity index (χ2v) is 6.80. The van der Waals surface area contributed by atoms with E-state index >= 15 is 0 Å². The highest BCUT2D eigenvalue weighted by Gasteiger charge is 2.33. The van der Waals surface area contributed by atoms with Crippen molar-refractivity contribution in [1.29, 1.82) is 0 Å². The van der Waals surface area contributed by atoms with Gasteiger partial charge in [0.05, 0.1) is 0 Å². The molecule has 3 aromatic rings. The van der Waals surface area contributed by atoms with Gasteiger partial charge < -0.3 is 5.32 Å². The summed E-state index contributed by atoms with van der Waals surface area (Å²) < 4.78 is 2.01. The van der Waals surface area contributed by atoms with E-state index in [2.05, 4.69) is 82.1 Å². The van der Waals surface area contributed by atoms with Crippen molar-refractivity contribution in [3.8, 4) is 0 Å². The first kappa shape index (κ1) is 15.1. The molecule has 0 saturated carbocycles. The van der Waals surface area contributed by atoms with Gasteiger partial charge in [-0.2, -0.15) is 10.1 Å². The fraction of sp³-hybridized carbons (Fsp3) is 0.182. The average molecular weight is 340 g/mol. The quantitative estimate of drug-likeness (QED) is 0.727. The number of anilines is 1. The summed E-state index contributed by atoms with van der Waals surface area (Å²) in [5, 5.41) is 8.05. The molecule has 1 aromatic heterocycles. The highest BCUT2D eigenvalue weighted by molar-refractivity contribution is 5.65. The minimum absolute atomic E-state index is 0.115. The number of aromatic nitrogens is 3. The lowest BCUT2D eigenvalue weighted by Crippen LogP contribution is -2.28. The van der Waals surface area contributed by atoms with E-state index in [0.717, 1.165) is 25.2 Å². The molecule has 0 spiro atoms. The molecule has 0 saturated heterocycles. The standard InChI is InChI=1S/C22H20N4/c1-3-8-16(9-4-1)14-18-12-7-13-19-20(18)25-22-23-15-24-26(22)21(19)17-10-5-2-6-11-17/h1-6,8-11,14-15,21H,7,12-13H2,(H,23,24,25)/b18-14+/t21-/m1/s1. The van der Waals surface area contributed by atoms with Crippen molar-refractivity contribution in [3.63, 3.8) is 0 Å². The van der Waals surface area contributed by atoms with Crippen molar-refractivity contribution in [2.45, 2.75) is 25.3 Å². The second-order valence-electron chi connectivity index (χ2n) is 6.80. The highest BCUT2D eigenvalue weighted by Crippen LogP contribution is 2.43. The molecular formula is C22H20N4. The summed E-state index contributed by atoms with van der Waals surface area (Å²) in [6, 6.07) is 21.3. The summed E-state index contributed by atoms with van der Waals surface area (Å²) in [6.07, 6.45) is 7.25. The molecule has 5 rings (SSSR count). The molecule has 128 valence electrons. The molecule has 26 heavy (non-hydrogen) atoms. The van der Waals surface area contributed by atoms with E-state index in [9.17, 15) is 0 Å². The summed E-state index contributed by atoms with van der Waals surface area (Å²) in [6.45, 7) is 0. The van der Waals surface area contributed by atoms with Crippen LogP contribution in [0.25, 0.3) is 6.08 Å². The SMILES string of the molecule is C(=C1/CCCC2=C1Nc1ncnn1[C@@H]2c1ccccc1)/c1ccccc1. The van der Waals surface area contributed by atoms with Crippen molar-refractivity contribution in [2.75, 3.05) is 5.32 Å². The van der Waals surface area contributed by atoms with E-state index in [4.69, 9.17) is 0 Å². The maximum Gasteiger partial charge on any atom is 0.226 e. The molecule has 4 heteroatoms. The zero-order valence-corrected chi connectivity index (χ0v) is 14.5. The topological polar surface area (TPSA) is 42.7 Å². The Balaban J connectivity index is 1.66. The molecule has 2 aromatic carbocycles. The van der Waals surface area contributed by atoms with Crippen LogP contribution < -0.4 is 5.32 Å². The van der Waals surface area contributed by atoms with Crippen LogP contribution in [-0.2, 0) is 0 Å². The number of rotatable bonds is 2. The number of hydrogen-bond acceptors (Lipinski definition) is 3. The summed E-state index contributed by atoms with van der Waals surface area (Å²) in [5.41, 5.74) is 6.49. The van der Waals surface area contributed by atoms with Crippen molar-refractivity contribution < 1.29 is 0 Å². The van der Waals surface area contributed by atoms with Crippen LogP contribution >= 0.6 is 0 Å². The Bertz CT molecular complexity index is 983. The fourth-order valence-corrected chi connectivity index (χ4v) is 4.02. The van der Waals surface area contributed by atoms with Gasteiger partial charge in [-0.25, -0.2) is 4.68 Å². The molecule has 2 aliphatic rings. The van der Waals surface area contributed by atoms with Gasteiger partial charge in [0.1, 0.15) is 12.4 Å². The minimum Gasteiger partial charge on any atom is -0.324 e. The van der Waals surface area contributed by atoms with Gasteiger partial charge in [-0.1, -0.05) is 60.7 Å². The summed E-state index contributed by atoms with van der Waals surface area (Å²) in [4.78, 5) is 4.44. The maximum absolute atomic E-state index is 4.50. The molecule has 1 atom stereocenters. The Hall–Kier alpha value is -3.14. The van der Waals surface area contributed by atoms with E-state index in [1.807, 2.05) is 4.68 Å². The minimum atomic E-state index is 0.115. The molecular weight excluding hydrogens is 320 g/mol. The van der Waals surface area contributed by atoms with E-state index < -0.39 is 0 Å². The number of fused-ring (bicyclic) bond motifs is 1. The van der Waals surface area contributed by atoms with Gasteiger partial charge in [-0.3, -0.25) is 0 Å². The smallest absolute Gasteiger partial charge is 0.226 e. The lowest BCUT2D eigenvalue weighted by atomic mass is 9.83. The highest BCUT2D eigenvalue weighted by atomic mass is 15.4. The van der Waals surface area contributed by atoms with Crippen LogP contribution in [0.15, 0.2) is 83.8 Å². The molecule has 2 heterocycles. The molecule has 1 aliphatic carbocycles. The molecule has 0 amide bonds. The van der Waals surface area contributed by atoms with Gasteiger partial charge in [0.25, 0.3) is 0 Å². The van der Waals surface area contributed by atoms with Crippen molar-refractivity contribution in [2.24, 2.45) is 0 Å². The Morgan fingerprint density at radius 1 is 0.962 bits per heavy atom. The number of nitrogens with zero attached hydrogens (tertiary/aromatic N) is 3. The van der Waals surface area contributed by atoms with E-state index in [-0.39, 0.29) is 6.04 Å². The third-order valence-corrected chi connectivity index (χ3v) is 5.17. The summed E-state index contributed by atoms with van der Waals surface area (Å²) in [7, 11) is 0. The van der Waals surface area contributed by atoms with Gasteiger partial charge in [0, 0.05) is 5.70 Å². The number of nitrogens with one attached hydrogen (secondary N) is 1. The largest absolute Gasteiger partial charge is 0.324 e. The molecule has 1 N–H and O–H groups in total. The van der Waals surface area contributed by atoms with Crippen LogP contribution in [0.1, 0.15) is 36.4 Å². The van der Waals surface area contributed by atoms with Crippen LogP contribution in [0.3, 0.4) is 0 Å². The van der Waals surface area contributed by atoms with E-state index in [1.54, 1.807) is 6.33 Å². The van der Waals surface area contributed by atoms with Gasteiger partial charge in [0.2, 0.25) is 5.95 Å². The molecule has 4 nitrogen and oxygen atoms in total. The molecule has 0 unspecified atom stereocenters. The van der Waals surface area contributed by atoms with Crippen molar-refractivity contribution in [1.82, 2.24) is 14.8 Å². The Morgan fingerprint density at radius 2 is 1.73 bits per heavy atom. The zero-order chi connectivity index (χ0) is 17.3. The average Bonchev–Trinajstić information content (AvgIpc) is 3.16. The predicted octanol–water partition coefficient (Wildman–Crippen LogP) is 4.81. The fourth-order valence-electron chi connectivity index (χ4n) is 4.02. The van der Waals surface area contributed by atoms with Gasteiger partial charge in [0.15, 0.2) is 0 Å². The Labute approximate surface area is 152 Å². The molecule has 0 bridgehead atoms. The third-order valence-electron chi connectivity index (χ3n) is 5.17. The second kappa shape index (κ2) is 6.30. The van der Waals surface area contributed by atoms with Crippen molar-refractivity contribution in [3.05, 3.63) is 95.0 Å². The van der Waals surface area contributed by atoms with Gasteiger partial charge >= 0.3 is 0 Å². The molecule has 1 aliphatic heterocycles. The van der Waals surface area contributed by atoms with Crippen molar-refractivity contribution >= 4 is 12.0 Å². The lowest BCUT2D eigenvalue weighted by molar-refractivity contribution is 0.538. The van der Waals surface area contributed by atoms with Crippen LogP contribution in [0, 0.1) is 0 Å². The molecule has 0 radical (unpaired) electrons. The molecule has 0 fully saturated rings. The lowest BCUT2D eigenvalue weighted by Gasteiger charge is -2.34. The predicted molar refractivity (Wildman–Crippen MR) is 104 cm³/mol. The van der Waals surface area contributed by atoms with Crippen LogP contribution in [0.2, 0.25) is 0 Å². The number of hydrogen-bond donors (Lipinski definition) is 1. The monoisotopic (exact) mass is 340 g/mol. The Kier molecular flexibility index (Phi) is 3.67. The van der Waals surface area contributed by atoms with Crippen LogP contribution in [0.5, 0.6) is 0 Å². The first-order valence-electron chi connectivity index (χ1n) is 9.10. The Morgan fingerprint density at radius 3 is 2.54 bits per heavy atom. The van der Waals surface area contributed by atoms with Gasteiger partial charge in [-0.15, -0.1) is 0 Å². The van der Waals surface area contributed by atoms with Gasteiger partial charge in [-0.05, 0) is 47.6 Å². The van der Waals surface area contributed by atoms with Crippen LogP contribution in [-0.4, -0.2) is 14.8 Å². The van der Waals surface area contributed by atoms with Crippen LogP contribution in [0.4, 0.5) is 5.95 Å². The third kappa shape index (κ3) is 2.54. The first-order chi connectivity index (χ1) is 12.9. The first-order valence-corrected chi connectivity index (χ1v) is 9.10. The number of benzene rings is 2.